The quantitative estimate of drug-likeness (QED) is 0.394. The highest BCUT2D eigenvalue weighted by molar-refractivity contribution is 5.56. The first kappa shape index (κ1) is 28.7. The number of likely N-dealkylation sites (tertiary alicyclic amines) is 1. The zero-order valence-corrected chi connectivity index (χ0v) is 18.9. The second kappa shape index (κ2) is 21.7. The minimum Gasteiger partial charge on any atom is -0.450 e. The molecular weight excluding hydrogens is 350 g/mol. The van der Waals surface area contributed by atoms with Gasteiger partial charge in [-0.1, -0.05) is 84.3 Å². The molecule has 2 rings (SSSR count). The number of rotatable bonds is 5. The van der Waals surface area contributed by atoms with Gasteiger partial charge >= 0.3 is 6.16 Å². The van der Waals surface area contributed by atoms with Crippen LogP contribution < -0.4 is 0 Å². The minimum absolute atomic E-state index is 0.978. The topological polar surface area (TPSA) is 49.8 Å². The Labute approximate surface area is 174 Å². The van der Waals surface area contributed by atoms with E-state index in [1.165, 1.54) is 76.5 Å². The number of methoxy groups -OCH3 is 1. The predicted molar refractivity (Wildman–Crippen MR) is 122 cm³/mol. The van der Waals surface area contributed by atoms with E-state index in [1.54, 1.807) is 6.08 Å². The van der Waals surface area contributed by atoms with Gasteiger partial charge in [0.2, 0.25) is 0 Å². The summed E-state index contributed by atoms with van der Waals surface area (Å²) in [6, 6.07) is 0.978. The highest BCUT2D eigenvalue weighted by Gasteiger charge is 2.22. The van der Waals surface area contributed by atoms with Crippen LogP contribution in [0.3, 0.4) is 0 Å². The van der Waals surface area contributed by atoms with E-state index >= 15 is 0 Å². The van der Waals surface area contributed by atoms with Crippen molar-refractivity contribution in [2.75, 3.05) is 20.2 Å². The molecule has 1 N–H and O–H groups in total. The SMILES string of the molecule is C1CCC(N2CCCC2)CC1.C=C/C=C(\C=C)CCC.CCC.COC(=O)O. The first-order valence-electron chi connectivity index (χ1n) is 10.9. The van der Waals surface area contributed by atoms with Gasteiger partial charge in [0, 0.05) is 6.04 Å². The van der Waals surface area contributed by atoms with Crippen molar-refractivity contribution < 1.29 is 14.6 Å². The van der Waals surface area contributed by atoms with E-state index in [-0.39, 0.29) is 0 Å². The fourth-order valence-corrected chi connectivity index (χ4v) is 3.25. The number of carboxylic acid groups (broad SMARTS) is 1. The standard InChI is InChI=1S/C10H19N.C9H14.C3H8.C2H4O3/c1-2-6-10(7-3-1)11-8-4-5-9-11;1-4-7-9(6-3)8-5-2;1-3-2;1-5-2(3)4/h10H,1-9H2;4,6-7H,1,3,5,8H2,2H3;3H2,1-2H3;1H3,(H,3,4)/b;9-7+;;. The number of ether oxygens (including phenoxy) is 1. The lowest BCUT2D eigenvalue weighted by Gasteiger charge is -2.30. The molecular formula is C24H45NO3. The van der Waals surface area contributed by atoms with Crippen LogP contribution in [0.2, 0.25) is 0 Å². The molecule has 1 saturated heterocycles. The zero-order chi connectivity index (χ0) is 21.6. The molecule has 4 heteroatoms. The van der Waals surface area contributed by atoms with Crippen LogP contribution in [0, 0.1) is 0 Å². The van der Waals surface area contributed by atoms with Gasteiger partial charge < -0.3 is 14.7 Å². The molecule has 1 aliphatic heterocycles. The molecule has 0 aromatic carbocycles. The number of hydrogen-bond donors (Lipinski definition) is 1. The van der Waals surface area contributed by atoms with Crippen LogP contribution in [0.5, 0.6) is 0 Å². The van der Waals surface area contributed by atoms with E-state index in [0.29, 0.717) is 0 Å². The first-order valence-corrected chi connectivity index (χ1v) is 10.9. The van der Waals surface area contributed by atoms with Crippen LogP contribution in [-0.2, 0) is 4.74 Å². The van der Waals surface area contributed by atoms with Crippen LogP contribution in [0.4, 0.5) is 4.79 Å². The highest BCUT2D eigenvalue weighted by Crippen LogP contribution is 2.25. The van der Waals surface area contributed by atoms with E-state index in [9.17, 15) is 0 Å². The van der Waals surface area contributed by atoms with Gasteiger partial charge in [0.15, 0.2) is 0 Å². The van der Waals surface area contributed by atoms with Crippen LogP contribution >= 0.6 is 0 Å². The number of hydrogen-bond acceptors (Lipinski definition) is 3. The lowest BCUT2D eigenvalue weighted by atomic mass is 9.94. The monoisotopic (exact) mass is 395 g/mol. The molecule has 0 aromatic heterocycles. The van der Waals surface area contributed by atoms with Crippen molar-refractivity contribution >= 4 is 6.16 Å². The Balaban J connectivity index is 0. The summed E-state index contributed by atoms with van der Waals surface area (Å²) < 4.78 is 3.67. The van der Waals surface area contributed by atoms with Gasteiger partial charge in [-0.2, -0.15) is 0 Å². The predicted octanol–water partition coefficient (Wildman–Crippen LogP) is 7.23. The third-order valence-corrected chi connectivity index (χ3v) is 4.54. The molecule has 0 amide bonds. The van der Waals surface area contributed by atoms with E-state index in [1.807, 2.05) is 12.2 Å². The lowest BCUT2D eigenvalue weighted by molar-refractivity contribution is 0.114. The average Bonchev–Trinajstić information content (AvgIpc) is 3.25. The summed E-state index contributed by atoms with van der Waals surface area (Å²) >= 11 is 0. The molecule has 2 aliphatic rings. The molecule has 0 spiro atoms. The molecule has 2 fully saturated rings. The van der Waals surface area contributed by atoms with Crippen molar-refractivity contribution in [2.45, 2.75) is 91.0 Å². The average molecular weight is 396 g/mol. The van der Waals surface area contributed by atoms with E-state index in [4.69, 9.17) is 9.90 Å². The van der Waals surface area contributed by atoms with Gasteiger partial charge in [-0.15, -0.1) is 0 Å². The summed E-state index contributed by atoms with van der Waals surface area (Å²) in [6.45, 7) is 16.5. The Morgan fingerprint density at radius 3 is 1.93 bits per heavy atom. The maximum absolute atomic E-state index is 9.15. The Bertz CT molecular complexity index is 406. The van der Waals surface area contributed by atoms with Crippen molar-refractivity contribution in [1.29, 1.82) is 0 Å². The van der Waals surface area contributed by atoms with Crippen molar-refractivity contribution in [3.05, 3.63) is 37.0 Å². The van der Waals surface area contributed by atoms with Crippen molar-refractivity contribution in [3.8, 4) is 0 Å². The fourth-order valence-electron chi connectivity index (χ4n) is 3.25. The van der Waals surface area contributed by atoms with Gasteiger partial charge in [-0.3, -0.25) is 0 Å². The number of carbonyl (C=O) groups is 1. The third kappa shape index (κ3) is 17.8. The Morgan fingerprint density at radius 1 is 1.07 bits per heavy atom. The lowest BCUT2D eigenvalue weighted by Crippen LogP contribution is -2.34. The van der Waals surface area contributed by atoms with Gasteiger partial charge in [0.1, 0.15) is 0 Å². The van der Waals surface area contributed by atoms with Crippen molar-refractivity contribution in [1.82, 2.24) is 4.90 Å². The molecule has 0 aromatic rings. The van der Waals surface area contributed by atoms with Crippen molar-refractivity contribution in [3.63, 3.8) is 0 Å². The van der Waals surface area contributed by atoms with Gasteiger partial charge in [0.25, 0.3) is 0 Å². The van der Waals surface area contributed by atoms with Crippen molar-refractivity contribution in [2.24, 2.45) is 0 Å². The molecule has 0 bridgehead atoms. The Hall–Kier alpha value is -1.55. The molecule has 164 valence electrons. The Morgan fingerprint density at radius 2 is 1.57 bits per heavy atom. The van der Waals surface area contributed by atoms with E-state index in [2.05, 4.69) is 43.6 Å². The third-order valence-electron chi connectivity index (χ3n) is 4.54. The first-order chi connectivity index (χ1) is 13.5. The summed E-state index contributed by atoms with van der Waals surface area (Å²) in [6.07, 6.45) is 18.3. The summed E-state index contributed by atoms with van der Waals surface area (Å²) in [4.78, 5) is 11.9. The maximum atomic E-state index is 9.15. The molecule has 4 nitrogen and oxygen atoms in total. The molecule has 28 heavy (non-hydrogen) atoms. The van der Waals surface area contributed by atoms with Crippen LogP contribution in [0.25, 0.3) is 0 Å². The molecule has 0 radical (unpaired) electrons. The largest absolute Gasteiger partial charge is 0.505 e. The number of allylic oxidation sites excluding steroid dienone is 4. The fraction of sp³-hybridized carbons (Fsp3) is 0.708. The van der Waals surface area contributed by atoms with Gasteiger partial charge in [-0.25, -0.2) is 4.79 Å². The highest BCUT2D eigenvalue weighted by atomic mass is 16.6. The molecule has 0 unspecified atom stereocenters. The zero-order valence-electron chi connectivity index (χ0n) is 18.9. The van der Waals surface area contributed by atoms with E-state index in [0.717, 1.165) is 19.6 Å². The van der Waals surface area contributed by atoms with Crippen LogP contribution in [0.1, 0.15) is 85.0 Å². The van der Waals surface area contributed by atoms with Gasteiger partial charge in [-0.05, 0) is 50.8 Å². The Kier molecular flexibility index (Phi) is 22.3. The summed E-state index contributed by atoms with van der Waals surface area (Å²) in [5.41, 5.74) is 1.27. The molecule has 1 heterocycles. The minimum atomic E-state index is -1.25. The van der Waals surface area contributed by atoms with Crippen LogP contribution in [-0.4, -0.2) is 42.4 Å². The second-order valence-corrected chi connectivity index (χ2v) is 7.14. The molecule has 1 aliphatic carbocycles. The molecule has 0 atom stereocenters. The van der Waals surface area contributed by atoms with Gasteiger partial charge in [0.05, 0.1) is 7.11 Å². The van der Waals surface area contributed by atoms with E-state index < -0.39 is 6.16 Å². The number of nitrogens with zero attached hydrogens (tertiary/aromatic N) is 1. The summed E-state index contributed by atoms with van der Waals surface area (Å²) in [5.74, 6) is 0. The smallest absolute Gasteiger partial charge is 0.450 e. The van der Waals surface area contributed by atoms with Crippen LogP contribution in [0.15, 0.2) is 37.0 Å². The maximum Gasteiger partial charge on any atom is 0.505 e. The summed E-state index contributed by atoms with van der Waals surface area (Å²) in [5, 5.41) is 7.50. The second-order valence-electron chi connectivity index (χ2n) is 7.14. The molecule has 1 saturated carbocycles. The summed E-state index contributed by atoms with van der Waals surface area (Å²) in [7, 11) is 1.10. The normalized spacial score (nSPS) is 16.9.